The zero-order valence-corrected chi connectivity index (χ0v) is 22.6. The first-order chi connectivity index (χ1) is 18.4. The minimum absolute atomic E-state index is 0.271. The highest BCUT2D eigenvalue weighted by Gasteiger charge is 2.33. The van der Waals surface area contributed by atoms with Crippen molar-refractivity contribution in [1.82, 2.24) is 0 Å². The highest BCUT2D eigenvalue weighted by molar-refractivity contribution is 7.88. The van der Waals surface area contributed by atoms with Crippen molar-refractivity contribution in [3.8, 4) is 0 Å². The van der Waals surface area contributed by atoms with Gasteiger partial charge in [-0.1, -0.05) is 48.5 Å². The zero-order valence-electron chi connectivity index (χ0n) is 19.4. The first-order valence-electron chi connectivity index (χ1n) is 10.4. The Labute approximate surface area is 226 Å². The average Bonchev–Trinajstić information content (AvgIpc) is 2.85. The van der Waals surface area contributed by atoms with Gasteiger partial charge in [-0.2, -0.15) is 33.7 Å². The van der Waals surface area contributed by atoms with E-state index in [2.05, 4.69) is 8.37 Å². The van der Waals surface area contributed by atoms with Gasteiger partial charge in [0.2, 0.25) is 0 Å². The van der Waals surface area contributed by atoms with Gasteiger partial charge >= 0.3 is 32.2 Å². The zero-order chi connectivity index (χ0) is 29.7. The van der Waals surface area contributed by atoms with Crippen molar-refractivity contribution in [2.75, 3.05) is 0 Å². The molecule has 18 heteroatoms. The van der Waals surface area contributed by atoms with E-state index < -0.39 is 72.0 Å². The molecule has 40 heavy (non-hydrogen) atoms. The molecule has 0 saturated heterocycles. The third-order valence-electron chi connectivity index (χ3n) is 5.32. The Bertz CT molecular complexity index is 2010. The van der Waals surface area contributed by atoms with Crippen molar-refractivity contribution in [2.45, 2.75) is 19.6 Å². The first kappa shape index (κ1) is 29.1. The van der Waals surface area contributed by atoms with Crippen LogP contribution in [0.15, 0.2) is 92.4 Å². The molecular formula is C22H14O14S4. The van der Waals surface area contributed by atoms with Crippen LogP contribution in [-0.2, 0) is 58.4 Å². The van der Waals surface area contributed by atoms with E-state index in [0.29, 0.717) is 0 Å². The van der Waals surface area contributed by atoms with Gasteiger partial charge in [-0.25, -0.2) is 9.59 Å². The van der Waals surface area contributed by atoms with Crippen LogP contribution >= 0.6 is 0 Å². The summed E-state index contributed by atoms with van der Waals surface area (Å²) in [6, 6.07) is 12.6. The van der Waals surface area contributed by atoms with Gasteiger partial charge in [0.05, 0.1) is 0 Å². The van der Waals surface area contributed by atoms with Crippen molar-refractivity contribution in [3.05, 3.63) is 72.8 Å². The highest BCUT2D eigenvalue weighted by atomic mass is 32.2. The third-order valence-corrected chi connectivity index (χ3v) is 9.67. The van der Waals surface area contributed by atoms with E-state index in [1.54, 1.807) is 0 Å². The summed E-state index contributed by atoms with van der Waals surface area (Å²) in [7, 11) is -20.0. The molecule has 0 aromatic heterocycles. The topological polar surface area (TPSA) is 230 Å². The molecule has 14 nitrogen and oxygen atoms in total. The van der Waals surface area contributed by atoms with Crippen LogP contribution in [0.25, 0.3) is 21.5 Å². The Morgan fingerprint density at radius 1 is 0.450 bits per heavy atom. The standard InChI is InChI=1S/C22H14O14S4/c23-21(35-39(31,32)19-11-3-5-13-15(19)7-1-9-17(13)37(25,26)27)22(24)36-40(33,34)20-12-4-6-14-16(20)8-2-10-18(14)38(28,29)30/h1-12H,(H,25,26,27)(H,28,29,30). The lowest BCUT2D eigenvalue weighted by Gasteiger charge is -2.11. The number of fused-ring (bicyclic) bond motifs is 2. The molecule has 0 amide bonds. The minimum atomic E-state index is -5.19. The fourth-order valence-electron chi connectivity index (χ4n) is 3.75. The third kappa shape index (κ3) is 5.53. The first-order valence-corrected chi connectivity index (χ1v) is 16.1. The average molecular weight is 631 g/mol. The van der Waals surface area contributed by atoms with Crippen LogP contribution in [0.5, 0.6) is 0 Å². The fourth-order valence-corrected chi connectivity index (χ4v) is 7.26. The monoisotopic (exact) mass is 630 g/mol. The summed E-state index contributed by atoms with van der Waals surface area (Å²) >= 11 is 0. The van der Waals surface area contributed by atoms with Crippen molar-refractivity contribution >= 4 is 74.0 Å². The van der Waals surface area contributed by atoms with Crippen LogP contribution in [0.3, 0.4) is 0 Å². The molecule has 4 aromatic carbocycles. The van der Waals surface area contributed by atoms with Crippen LogP contribution in [0.1, 0.15) is 0 Å². The lowest BCUT2D eigenvalue weighted by Crippen LogP contribution is -2.26. The number of benzene rings is 4. The number of hydrogen-bond acceptors (Lipinski definition) is 12. The summed E-state index contributed by atoms with van der Waals surface area (Å²) in [4.78, 5) is 21.6. The molecule has 0 fully saturated rings. The van der Waals surface area contributed by atoms with E-state index in [9.17, 15) is 52.4 Å². The van der Waals surface area contributed by atoms with E-state index in [4.69, 9.17) is 0 Å². The summed E-state index contributed by atoms with van der Waals surface area (Å²) < 4.78 is 125. The summed E-state index contributed by atoms with van der Waals surface area (Å²) in [5.41, 5.74) is 0. The summed E-state index contributed by atoms with van der Waals surface area (Å²) in [5, 5.41) is -1.19. The van der Waals surface area contributed by atoms with Gasteiger partial charge in [0.15, 0.2) is 0 Å². The maximum Gasteiger partial charge on any atom is 0.434 e. The summed E-state index contributed by atoms with van der Waals surface area (Å²) in [5.74, 6) is -4.57. The second kappa shape index (κ2) is 9.91. The van der Waals surface area contributed by atoms with Gasteiger partial charge in [-0.15, -0.1) is 0 Å². The molecule has 0 bridgehead atoms. The van der Waals surface area contributed by atoms with Crippen molar-refractivity contribution in [1.29, 1.82) is 0 Å². The summed E-state index contributed by atoms with van der Waals surface area (Å²) in [6.07, 6.45) is 0. The largest absolute Gasteiger partial charge is 0.434 e. The van der Waals surface area contributed by atoms with Gasteiger partial charge < -0.3 is 8.37 Å². The van der Waals surface area contributed by atoms with Crippen LogP contribution in [0, 0.1) is 0 Å². The maximum atomic E-state index is 12.8. The van der Waals surface area contributed by atoms with Gasteiger partial charge in [0.1, 0.15) is 19.6 Å². The Kier molecular flexibility index (Phi) is 7.20. The molecule has 4 rings (SSSR count). The molecule has 0 unspecified atom stereocenters. The number of carbonyl (C=O) groups is 2. The van der Waals surface area contributed by atoms with Gasteiger partial charge in [0, 0.05) is 21.5 Å². The fraction of sp³-hybridized carbons (Fsp3) is 0. The molecule has 0 radical (unpaired) electrons. The van der Waals surface area contributed by atoms with Gasteiger partial charge in [-0.3, -0.25) is 9.11 Å². The molecule has 0 heterocycles. The van der Waals surface area contributed by atoms with E-state index >= 15 is 0 Å². The Morgan fingerprint density at radius 3 is 0.975 bits per heavy atom. The predicted molar refractivity (Wildman–Crippen MR) is 134 cm³/mol. The lowest BCUT2D eigenvalue weighted by atomic mass is 10.1. The Morgan fingerprint density at radius 2 is 0.700 bits per heavy atom. The quantitative estimate of drug-likeness (QED) is 0.175. The van der Waals surface area contributed by atoms with Crippen LogP contribution in [0.2, 0.25) is 0 Å². The highest BCUT2D eigenvalue weighted by Crippen LogP contribution is 2.31. The number of hydrogen-bond donors (Lipinski definition) is 2. The molecule has 0 atom stereocenters. The van der Waals surface area contributed by atoms with E-state index in [-0.39, 0.29) is 21.5 Å². The van der Waals surface area contributed by atoms with Crippen molar-refractivity contribution in [3.63, 3.8) is 0 Å². The number of rotatable bonds is 6. The Hall–Kier alpha value is -3.94. The Balaban J connectivity index is 1.66. The van der Waals surface area contributed by atoms with E-state index in [1.165, 1.54) is 0 Å². The second-order valence-electron chi connectivity index (χ2n) is 7.81. The molecule has 210 valence electrons. The molecule has 4 aromatic rings. The normalized spacial score (nSPS) is 12.8. The van der Waals surface area contributed by atoms with Gasteiger partial charge in [0.25, 0.3) is 20.2 Å². The molecule has 0 aliphatic heterocycles. The summed E-state index contributed by atoms with van der Waals surface area (Å²) in [6.45, 7) is 0. The smallest absolute Gasteiger partial charge is 0.332 e. The maximum absolute atomic E-state index is 12.8. The molecule has 2 N–H and O–H groups in total. The van der Waals surface area contributed by atoms with E-state index in [0.717, 1.165) is 72.8 Å². The lowest BCUT2D eigenvalue weighted by molar-refractivity contribution is -0.155. The molecule has 0 aliphatic rings. The van der Waals surface area contributed by atoms with Crippen LogP contribution in [0.4, 0.5) is 0 Å². The second-order valence-corrected chi connectivity index (χ2v) is 13.6. The molecule has 0 saturated carbocycles. The minimum Gasteiger partial charge on any atom is -0.332 e. The predicted octanol–water partition coefficient (Wildman–Crippen LogP) is 1.65. The van der Waals surface area contributed by atoms with Crippen LogP contribution in [-0.4, -0.2) is 54.7 Å². The molecule has 0 aliphatic carbocycles. The van der Waals surface area contributed by atoms with Crippen molar-refractivity contribution < 1.29 is 60.7 Å². The molecular weight excluding hydrogens is 616 g/mol. The van der Waals surface area contributed by atoms with Crippen molar-refractivity contribution in [2.24, 2.45) is 0 Å². The van der Waals surface area contributed by atoms with Crippen LogP contribution < -0.4 is 0 Å². The van der Waals surface area contributed by atoms with E-state index in [1.807, 2.05) is 0 Å². The number of carbonyl (C=O) groups excluding carboxylic acids is 2. The SMILES string of the molecule is O=C(OS(=O)(=O)c1cccc2c(S(=O)(=O)O)cccc12)C(=O)OS(=O)(=O)c1cccc2c(S(=O)(=O)O)cccc12. The van der Waals surface area contributed by atoms with Gasteiger partial charge in [-0.05, 0) is 24.3 Å². The molecule has 0 spiro atoms.